The highest BCUT2D eigenvalue weighted by atomic mass is 16.8. The Hall–Kier alpha value is -3.68. The van der Waals surface area contributed by atoms with E-state index in [1.54, 1.807) is 14.2 Å². The van der Waals surface area contributed by atoms with Gasteiger partial charge in [-0.1, -0.05) is 97.1 Å². The van der Waals surface area contributed by atoms with Gasteiger partial charge in [-0.2, -0.15) is 0 Å². The van der Waals surface area contributed by atoms with Crippen LogP contribution in [0.1, 0.15) is 27.8 Å². The molecule has 0 bridgehead atoms. The summed E-state index contributed by atoms with van der Waals surface area (Å²) >= 11 is 0. The number of methoxy groups -OCH3 is 2. The van der Waals surface area contributed by atoms with Gasteiger partial charge in [-0.3, -0.25) is 0 Å². The van der Waals surface area contributed by atoms with E-state index in [-0.39, 0.29) is 13.2 Å². The Bertz CT molecular complexity index is 1620. The van der Waals surface area contributed by atoms with Gasteiger partial charge < -0.3 is 47.4 Å². The number of hydrogen-bond donors (Lipinski definition) is 0. The molecule has 0 aromatic heterocycles. The minimum Gasteiger partial charge on any atom is -0.497 e. The van der Waals surface area contributed by atoms with Crippen molar-refractivity contribution in [1.82, 2.24) is 0 Å². The van der Waals surface area contributed by atoms with Crippen LogP contribution < -0.4 is 4.74 Å². The first-order chi connectivity index (χ1) is 25.2. The Morgan fingerprint density at radius 2 is 1.10 bits per heavy atom. The third kappa shape index (κ3) is 9.04. The average molecular weight is 699 g/mol. The maximum Gasteiger partial charge on any atom is 0.187 e. The highest BCUT2D eigenvalue weighted by Crippen LogP contribution is 2.36. The number of fused-ring (bicyclic) bond motifs is 2. The predicted molar refractivity (Wildman–Crippen MR) is 187 cm³/mol. The van der Waals surface area contributed by atoms with E-state index >= 15 is 0 Å². The third-order valence-electron chi connectivity index (χ3n) is 9.43. The Kier molecular flexibility index (Phi) is 12.4. The minimum absolute atomic E-state index is 0.275. The largest absolute Gasteiger partial charge is 0.497 e. The fourth-order valence-electron chi connectivity index (χ4n) is 6.69. The van der Waals surface area contributed by atoms with Gasteiger partial charge in [0.05, 0.1) is 53.4 Å². The molecule has 51 heavy (non-hydrogen) atoms. The lowest BCUT2D eigenvalue weighted by molar-refractivity contribution is -0.251. The molecule has 0 unspecified atom stereocenters. The zero-order chi connectivity index (χ0) is 34.8. The quantitative estimate of drug-likeness (QED) is 0.148. The summed E-state index contributed by atoms with van der Waals surface area (Å²) in [7, 11) is 3.25. The van der Waals surface area contributed by atoms with E-state index in [9.17, 15) is 0 Å². The lowest BCUT2D eigenvalue weighted by atomic mass is 10.1. The van der Waals surface area contributed by atoms with Crippen molar-refractivity contribution in [1.29, 1.82) is 0 Å². The van der Waals surface area contributed by atoms with Crippen LogP contribution in [0, 0.1) is 0 Å². The SMILES string of the molecule is COc1ccc(COC[C@H]2O[C@@H](O[C@@H]3[C@@H](OC)O[C@H](COCc4ccccc4)[C@H]3OCc3ccccc3)[C@H]3OCc4ccccc4CO[C@@H]32)cc1. The second-order valence-corrected chi connectivity index (χ2v) is 12.9. The number of hydrogen-bond acceptors (Lipinski definition) is 10. The van der Waals surface area contributed by atoms with E-state index in [2.05, 4.69) is 12.1 Å². The molecule has 0 radical (unpaired) electrons. The van der Waals surface area contributed by atoms with Crippen molar-refractivity contribution in [2.75, 3.05) is 27.4 Å². The zero-order valence-corrected chi connectivity index (χ0v) is 29.0. The summed E-state index contributed by atoms with van der Waals surface area (Å²) in [5.74, 6) is 0.794. The molecule has 2 fully saturated rings. The molecule has 0 N–H and O–H groups in total. The van der Waals surface area contributed by atoms with Crippen molar-refractivity contribution in [2.45, 2.75) is 82.2 Å². The van der Waals surface area contributed by atoms with E-state index in [4.69, 9.17) is 47.4 Å². The maximum absolute atomic E-state index is 6.82. The first kappa shape index (κ1) is 35.7. The van der Waals surface area contributed by atoms with Crippen LogP contribution in [0.4, 0.5) is 0 Å². The summed E-state index contributed by atoms with van der Waals surface area (Å²) in [5.41, 5.74) is 5.26. The van der Waals surface area contributed by atoms with Crippen LogP contribution >= 0.6 is 0 Å². The molecule has 10 heteroatoms. The lowest BCUT2D eigenvalue weighted by Gasteiger charge is -2.31. The topological polar surface area (TPSA) is 92.3 Å². The molecule has 2 saturated heterocycles. The molecule has 3 heterocycles. The van der Waals surface area contributed by atoms with Gasteiger partial charge in [0.2, 0.25) is 0 Å². The zero-order valence-electron chi connectivity index (χ0n) is 29.0. The minimum atomic E-state index is -0.812. The molecule has 7 rings (SSSR count). The molecule has 0 spiro atoms. The van der Waals surface area contributed by atoms with Gasteiger partial charge in [-0.15, -0.1) is 0 Å². The summed E-state index contributed by atoms with van der Waals surface area (Å²) in [4.78, 5) is 0. The molecule has 270 valence electrons. The highest BCUT2D eigenvalue weighted by Gasteiger charge is 2.53. The molecule has 3 aliphatic heterocycles. The standard InChI is InChI=1S/C41H46O10/c1-42-33-19-17-30(18-20-33)22-45-26-34-36-38(48-25-32-16-10-9-15-31(32)24-47-36)41(50-34)51-39-37(46-23-29-13-7-4-8-14-29)35(49-40(39)43-2)27-44-21-28-11-5-3-6-12-28/h3-20,34-41H,21-27H2,1-2H3/t34-,35-,36-,37-,38+,39+,40+,41+/m1/s1. The smallest absolute Gasteiger partial charge is 0.187 e. The molecular formula is C41H46O10. The van der Waals surface area contributed by atoms with Crippen molar-refractivity contribution in [3.05, 3.63) is 137 Å². The Morgan fingerprint density at radius 3 is 1.73 bits per heavy atom. The third-order valence-corrected chi connectivity index (χ3v) is 9.43. The summed E-state index contributed by atoms with van der Waals surface area (Å²) in [5, 5.41) is 0. The average Bonchev–Trinajstić information content (AvgIpc) is 3.67. The maximum atomic E-state index is 6.82. The Labute approximate surface area is 299 Å². The first-order valence-electron chi connectivity index (χ1n) is 17.5. The molecule has 0 saturated carbocycles. The second-order valence-electron chi connectivity index (χ2n) is 12.9. The monoisotopic (exact) mass is 698 g/mol. The summed E-state index contributed by atoms with van der Waals surface area (Å²) in [6.07, 6.45) is -4.66. The van der Waals surface area contributed by atoms with E-state index < -0.39 is 49.2 Å². The van der Waals surface area contributed by atoms with Crippen LogP contribution in [0.3, 0.4) is 0 Å². The Morgan fingerprint density at radius 1 is 0.549 bits per heavy atom. The van der Waals surface area contributed by atoms with Crippen LogP contribution in [0.15, 0.2) is 109 Å². The number of rotatable bonds is 15. The van der Waals surface area contributed by atoms with Gasteiger partial charge in [0.25, 0.3) is 0 Å². The van der Waals surface area contributed by atoms with Gasteiger partial charge in [0.15, 0.2) is 12.6 Å². The van der Waals surface area contributed by atoms with E-state index in [0.29, 0.717) is 33.0 Å². The van der Waals surface area contributed by atoms with Crippen LogP contribution in [-0.4, -0.2) is 76.6 Å². The van der Waals surface area contributed by atoms with Crippen molar-refractivity contribution in [3.63, 3.8) is 0 Å². The van der Waals surface area contributed by atoms with Crippen LogP contribution in [0.2, 0.25) is 0 Å². The van der Waals surface area contributed by atoms with Crippen molar-refractivity contribution >= 4 is 0 Å². The molecule has 0 aliphatic carbocycles. The van der Waals surface area contributed by atoms with Crippen molar-refractivity contribution in [3.8, 4) is 5.75 Å². The molecule has 4 aromatic carbocycles. The molecule has 10 nitrogen and oxygen atoms in total. The van der Waals surface area contributed by atoms with Gasteiger partial charge in [-0.25, -0.2) is 0 Å². The van der Waals surface area contributed by atoms with Crippen LogP contribution in [-0.2, 0) is 75.7 Å². The van der Waals surface area contributed by atoms with Crippen molar-refractivity contribution in [2.24, 2.45) is 0 Å². The number of benzene rings is 4. The summed E-state index contributed by atoms with van der Waals surface area (Å²) < 4.78 is 63.0. The van der Waals surface area contributed by atoms with Crippen LogP contribution in [0.25, 0.3) is 0 Å². The van der Waals surface area contributed by atoms with Gasteiger partial charge >= 0.3 is 0 Å². The van der Waals surface area contributed by atoms with Gasteiger partial charge in [0, 0.05) is 7.11 Å². The second kappa shape index (κ2) is 17.7. The normalized spacial score (nSPS) is 27.3. The fourth-order valence-corrected chi connectivity index (χ4v) is 6.69. The predicted octanol–water partition coefficient (Wildman–Crippen LogP) is 5.98. The van der Waals surface area contributed by atoms with Crippen molar-refractivity contribution < 1.29 is 47.4 Å². The summed E-state index contributed by atoms with van der Waals surface area (Å²) in [6, 6.07) is 36.0. The van der Waals surface area contributed by atoms with E-state index in [1.807, 2.05) is 97.1 Å². The van der Waals surface area contributed by atoms with Gasteiger partial charge in [0.1, 0.15) is 42.4 Å². The fraction of sp³-hybridized carbons (Fsp3) is 0.415. The molecule has 8 atom stereocenters. The lowest BCUT2D eigenvalue weighted by Crippen LogP contribution is -2.46. The molecule has 4 aromatic rings. The Balaban J connectivity index is 1.08. The molecule has 0 amide bonds. The van der Waals surface area contributed by atoms with Gasteiger partial charge in [-0.05, 0) is 39.9 Å². The summed E-state index contributed by atoms with van der Waals surface area (Å²) in [6.45, 7) is 2.57. The van der Waals surface area contributed by atoms with E-state index in [0.717, 1.165) is 33.6 Å². The first-order valence-corrected chi connectivity index (χ1v) is 17.5. The van der Waals surface area contributed by atoms with Crippen LogP contribution in [0.5, 0.6) is 5.75 Å². The molecular weight excluding hydrogens is 652 g/mol. The highest BCUT2D eigenvalue weighted by molar-refractivity contribution is 5.27. The van der Waals surface area contributed by atoms with E-state index in [1.165, 1.54) is 0 Å². The molecule has 3 aliphatic rings. The number of ether oxygens (including phenoxy) is 10.